The van der Waals surface area contributed by atoms with Gasteiger partial charge < -0.3 is 4.57 Å². The Bertz CT molecular complexity index is 519. The van der Waals surface area contributed by atoms with Gasteiger partial charge in [-0.3, -0.25) is 4.79 Å². The summed E-state index contributed by atoms with van der Waals surface area (Å²) in [6, 6.07) is 12.6. The molecule has 0 saturated carbocycles. The Labute approximate surface area is 92.7 Å². The third-order valence-electron chi connectivity index (χ3n) is 2.14. The van der Waals surface area contributed by atoms with Crippen molar-refractivity contribution in [2.45, 2.75) is 6.54 Å². The van der Waals surface area contributed by atoms with Gasteiger partial charge in [-0.15, -0.1) is 0 Å². The third-order valence-corrected chi connectivity index (χ3v) is 2.38. The van der Waals surface area contributed by atoms with E-state index in [0.717, 1.165) is 5.56 Å². The molecule has 0 saturated heterocycles. The maximum Gasteiger partial charge on any atom is 0.250 e. The molecule has 0 bridgehead atoms. The normalized spacial score (nSPS) is 10.2. The Balaban J connectivity index is 2.30. The second-order valence-electron chi connectivity index (χ2n) is 3.30. The van der Waals surface area contributed by atoms with Crippen LogP contribution >= 0.6 is 11.6 Å². The van der Waals surface area contributed by atoms with Gasteiger partial charge in [0.2, 0.25) is 0 Å². The Hall–Kier alpha value is -1.54. The van der Waals surface area contributed by atoms with Crippen molar-refractivity contribution in [3.8, 4) is 0 Å². The average Bonchev–Trinajstić information content (AvgIpc) is 2.22. The van der Waals surface area contributed by atoms with Gasteiger partial charge in [0.05, 0.1) is 6.54 Å². The van der Waals surface area contributed by atoms with Crippen molar-refractivity contribution in [3.63, 3.8) is 0 Å². The summed E-state index contributed by atoms with van der Waals surface area (Å²) in [5, 5.41) is 0.691. The van der Waals surface area contributed by atoms with E-state index in [0.29, 0.717) is 11.6 Å². The quantitative estimate of drug-likeness (QED) is 0.761. The van der Waals surface area contributed by atoms with E-state index < -0.39 is 0 Å². The van der Waals surface area contributed by atoms with Crippen LogP contribution in [0, 0.1) is 0 Å². The predicted molar refractivity (Wildman–Crippen MR) is 61.3 cm³/mol. The highest BCUT2D eigenvalue weighted by molar-refractivity contribution is 6.30. The average molecular weight is 220 g/mol. The molecule has 0 atom stereocenters. The lowest BCUT2D eigenvalue weighted by Gasteiger charge is -2.04. The zero-order valence-electron chi connectivity index (χ0n) is 8.06. The molecule has 0 aliphatic heterocycles. The summed E-state index contributed by atoms with van der Waals surface area (Å²) in [6.45, 7) is 0.556. The van der Waals surface area contributed by atoms with Crippen molar-refractivity contribution in [2.24, 2.45) is 0 Å². The first-order valence-electron chi connectivity index (χ1n) is 4.65. The van der Waals surface area contributed by atoms with Crippen LogP contribution in [0.1, 0.15) is 5.56 Å². The standard InChI is InChI=1S/C12H10ClNO/c13-11-5-3-4-10(8-11)9-14-7-2-1-6-12(14)15/h1-8H,9H2. The van der Waals surface area contributed by atoms with Crippen molar-refractivity contribution in [1.82, 2.24) is 4.57 Å². The van der Waals surface area contributed by atoms with Crippen molar-refractivity contribution in [3.05, 3.63) is 69.6 Å². The van der Waals surface area contributed by atoms with Crippen LogP contribution in [0.25, 0.3) is 0 Å². The van der Waals surface area contributed by atoms with E-state index in [2.05, 4.69) is 0 Å². The Morgan fingerprint density at radius 3 is 2.73 bits per heavy atom. The van der Waals surface area contributed by atoms with Crippen LogP contribution in [0.2, 0.25) is 5.02 Å². The Kier molecular flexibility index (Phi) is 2.88. The molecule has 0 fully saturated rings. The first-order chi connectivity index (χ1) is 7.25. The molecule has 0 amide bonds. The molecule has 0 N–H and O–H groups in total. The fourth-order valence-electron chi connectivity index (χ4n) is 1.42. The van der Waals surface area contributed by atoms with E-state index in [1.807, 2.05) is 30.3 Å². The van der Waals surface area contributed by atoms with Crippen LogP contribution in [-0.2, 0) is 6.54 Å². The largest absolute Gasteiger partial charge is 0.311 e. The highest BCUT2D eigenvalue weighted by Crippen LogP contribution is 2.11. The summed E-state index contributed by atoms with van der Waals surface area (Å²) in [5.74, 6) is 0. The van der Waals surface area contributed by atoms with Crippen LogP contribution in [0.15, 0.2) is 53.5 Å². The number of pyridine rings is 1. The number of hydrogen-bond donors (Lipinski definition) is 0. The molecule has 2 rings (SSSR count). The molecule has 0 unspecified atom stereocenters. The van der Waals surface area contributed by atoms with E-state index in [4.69, 9.17) is 11.6 Å². The highest BCUT2D eigenvalue weighted by atomic mass is 35.5. The number of hydrogen-bond acceptors (Lipinski definition) is 1. The van der Waals surface area contributed by atoms with Crippen LogP contribution in [0.5, 0.6) is 0 Å². The molecular formula is C12H10ClNO. The van der Waals surface area contributed by atoms with Gasteiger partial charge in [-0.1, -0.05) is 29.8 Å². The van der Waals surface area contributed by atoms with E-state index in [-0.39, 0.29) is 5.56 Å². The van der Waals surface area contributed by atoms with Crippen molar-refractivity contribution >= 4 is 11.6 Å². The molecule has 3 heteroatoms. The van der Waals surface area contributed by atoms with Gasteiger partial charge in [0.25, 0.3) is 5.56 Å². The number of benzene rings is 1. The maximum atomic E-state index is 11.4. The first kappa shape index (κ1) is 9.99. The molecule has 2 aromatic rings. The number of aromatic nitrogens is 1. The van der Waals surface area contributed by atoms with Crippen LogP contribution in [0.4, 0.5) is 0 Å². The molecule has 76 valence electrons. The minimum atomic E-state index is -0.00234. The summed E-state index contributed by atoms with van der Waals surface area (Å²) in [4.78, 5) is 11.4. The molecule has 0 radical (unpaired) electrons. The van der Waals surface area contributed by atoms with Gasteiger partial charge in [0.1, 0.15) is 0 Å². The lowest BCUT2D eigenvalue weighted by Crippen LogP contribution is -2.18. The van der Waals surface area contributed by atoms with Crippen LogP contribution in [-0.4, -0.2) is 4.57 Å². The SMILES string of the molecule is O=c1ccccn1Cc1cccc(Cl)c1. The smallest absolute Gasteiger partial charge is 0.250 e. The minimum Gasteiger partial charge on any atom is -0.311 e. The fourth-order valence-corrected chi connectivity index (χ4v) is 1.64. The molecule has 1 heterocycles. The molecule has 0 aliphatic rings. The lowest BCUT2D eigenvalue weighted by molar-refractivity contribution is 0.759. The monoisotopic (exact) mass is 219 g/mol. The Morgan fingerprint density at radius 1 is 1.13 bits per heavy atom. The van der Waals surface area contributed by atoms with E-state index in [1.165, 1.54) is 0 Å². The van der Waals surface area contributed by atoms with Gasteiger partial charge >= 0.3 is 0 Å². The van der Waals surface area contributed by atoms with Crippen molar-refractivity contribution in [2.75, 3.05) is 0 Å². The van der Waals surface area contributed by atoms with Gasteiger partial charge in [-0.25, -0.2) is 0 Å². The highest BCUT2D eigenvalue weighted by Gasteiger charge is 1.97. The zero-order valence-corrected chi connectivity index (χ0v) is 8.82. The summed E-state index contributed by atoms with van der Waals surface area (Å²) in [5.41, 5.74) is 1.02. The first-order valence-corrected chi connectivity index (χ1v) is 5.03. The van der Waals surface area contributed by atoms with Gasteiger partial charge in [0.15, 0.2) is 0 Å². The topological polar surface area (TPSA) is 22.0 Å². The predicted octanol–water partition coefficient (Wildman–Crippen LogP) is 2.55. The van der Waals surface area contributed by atoms with Crippen LogP contribution in [0.3, 0.4) is 0 Å². The van der Waals surface area contributed by atoms with Gasteiger partial charge in [0, 0.05) is 17.3 Å². The minimum absolute atomic E-state index is 0.00234. The second-order valence-corrected chi connectivity index (χ2v) is 3.73. The number of nitrogens with zero attached hydrogens (tertiary/aromatic N) is 1. The summed E-state index contributed by atoms with van der Waals surface area (Å²) in [6.07, 6.45) is 1.77. The molecule has 1 aromatic heterocycles. The molecule has 0 spiro atoms. The molecule has 1 aromatic carbocycles. The van der Waals surface area contributed by atoms with E-state index in [1.54, 1.807) is 22.9 Å². The zero-order chi connectivity index (χ0) is 10.7. The van der Waals surface area contributed by atoms with Crippen molar-refractivity contribution < 1.29 is 0 Å². The molecule has 15 heavy (non-hydrogen) atoms. The van der Waals surface area contributed by atoms with E-state index >= 15 is 0 Å². The van der Waals surface area contributed by atoms with Gasteiger partial charge in [-0.2, -0.15) is 0 Å². The van der Waals surface area contributed by atoms with Crippen molar-refractivity contribution in [1.29, 1.82) is 0 Å². The lowest BCUT2D eigenvalue weighted by atomic mass is 10.2. The maximum absolute atomic E-state index is 11.4. The Morgan fingerprint density at radius 2 is 2.00 bits per heavy atom. The number of rotatable bonds is 2. The van der Waals surface area contributed by atoms with Crippen LogP contribution < -0.4 is 5.56 Å². The second kappa shape index (κ2) is 4.32. The summed E-state index contributed by atoms with van der Waals surface area (Å²) >= 11 is 5.86. The number of halogens is 1. The third kappa shape index (κ3) is 2.48. The molecule has 2 nitrogen and oxygen atoms in total. The molecule has 0 aliphatic carbocycles. The summed E-state index contributed by atoms with van der Waals surface area (Å²) in [7, 11) is 0. The van der Waals surface area contributed by atoms with Gasteiger partial charge in [-0.05, 0) is 23.8 Å². The fraction of sp³-hybridized carbons (Fsp3) is 0.0833. The van der Waals surface area contributed by atoms with E-state index in [9.17, 15) is 4.79 Å². The molecular weight excluding hydrogens is 210 g/mol. The summed E-state index contributed by atoms with van der Waals surface area (Å²) < 4.78 is 1.64.